The van der Waals surface area contributed by atoms with Crippen LogP contribution in [0.15, 0.2) is 0 Å². The van der Waals surface area contributed by atoms with Gasteiger partial charge in [-0.1, -0.05) is 0 Å². The zero-order chi connectivity index (χ0) is 13.6. The number of nitrogens with one attached hydrogen (secondary N) is 1. The van der Waals surface area contributed by atoms with Crippen molar-refractivity contribution in [3.63, 3.8) is 0 Å². The highest BCUT2D eigenvalue weighted by Gasteiger charge is 2.45. The van der Waals surface area contributed by atoms with Gasteiger partial charge in [-0.3, -0.25) is 4.79 Å². The smallest absolute Gasteiger partial charge is 0.227 e. The molecule has 0 aliphatic carbocycles. The number of amides is 1. The van der Waals surface area contributed by atoms with E-state index in [1.807, 2.05) is 11.8 Å². The van der Waals surface area contributed by atoms with Crippen molar-refractivity contribution in [1.82, 2.24) is 10.2 Å². The summed E-state index contributed by atoms with van der Waals surface area (Å²) in [7, 11) is -2.93. The van der Waals surface area contributed by atoms with Crippen molar-refractivity contribution < 1.29 is 13.2 Å². The molecule has 108 valence electrons. The summed E-state index contributed by atoms with van der Waals surface area (Å²) in [4.78, 5) is 14.5. The summed E-state index contributed by atoms with van der Waals surface area (Å²) in [6.45, 7) is 2.57. The van der Waals surface area contributed by atoms with E-state index < -0.39 is 9.84 Å². The monoisotopic (exact) mass is 286 g/mol. The summed E-state index contributed by atoms with van der Waals surface area (Å²) >= 11 is 0. The quantitative estimate of drug-likeness (QED) is 0.803. The van der Waals surface area contributed by atoms with Crippen LogP contribution in [-0.4, -0.2) is 55.4 Å². The summed E-state index contributed by atoms with van der Waals surface area (Å²) in [6, 6.07) is 0.733. The van der Waals surface area contributed by atoms with E-state index >= 15 is 0 Å². The van der Waals surface area contributed by atoms with Crippen LogP contribution in [-0.2, 0) is 14.6 Å². The standard InChI is InChI=1S/C13H22N2O3S/c1-2-15(10-5-6-19(17,18)8-10)13(16)11-7-9-3-4-12(11)14-9/h9-12,14H,2-8H2,1H3. The van der Waals surface area contributed by atoms with Crippen LogP contribution in [0.4, 0.5) is 0 Å². The number of hydrogen-bond donors (Lipinski definition) is 1. The first-order valence-corrected chi connectivity index (χ1v) is 9.09. The number of sulfone groups is 1. The average Bonchev–Trinajstić information content (AvgIpc) is 3.05. The Kier molecular flexibility index (Phi) is 3.33. The SMILES string of the molecule is CCN(C(=O)C1CC2CCC1N2)C1CCS(=O)(=O)C1. The van der Waals surface area contributed by atoms with Crippen molar-refractivity contribution in [2.45, 2.75) is 50.7 Å². The van der Waals surface area contributed by atoms with Crippen LogP contribution in [0.25, 0.3) is 0 Å². The fourth-order valence-corrected chi connectivity index (χ4v) is 5.66. The van der Waals surface area contributed by atoms with Crippen molar-refractivity contribution in [3.8, 4) is 0 Å². The van der Waals surface area contributed by atoms with Gasteiger partial charge in [0.2, 0.25) is 5.91 Å². The first kappa shape index (κ1) is 13.4. The second-order valence-corrected chi connectivity index (χ2v) is 8.30. The van der Waals surface area contributed by atoms with E-state index in [1.54, 1.807) is 0 Å². The lowest BCUT2D eigenvalue weighted by Gasteiger charge is -2.32. The molecule has 3 aliphatic rings. The van der Waals surface area contributed by atoms with Crippen LogP contribution in [0.3, 0.4) is 0 Å². The van der Waals surface area contributed by atoms with Gasteiger partial charge >= 0.3 is 0 Å². The third kappa shape index (κ3) is 2.40. The van der Waals surface area contributed by atoms with Gasteiger partial charge < -0.3 is 10.2 Å². The number of carbonyl (C=O) groups is 1. The largest absolute Gasteiger partial charge is 0.339 e. The molecule has 0 aromatic heterocycles. The van der Waals surface area contributed by atoms with E-state index in [0.29, 0.717) is 25.0 Å². The van der Waals surface area contributed by atoms with Crippen molar-refractivity contribution >= 4 is 15.7 Å². The Labute approximate surface area is 114 Å². The first-order chi connectivity index (χ1) is 9.00. The molecule has 4 atom stereocenters. The van der Waals surface area contributed by atoms with Gasteiger partial charge in [-0.05, 0) is 32.6 Å². The highest BCUT2D eigenvalue weighted by atomic mass is 32.2. The minimum absolute atomic E-state index is 0.0713. The van der Waals surface area contributed by atoms with Gasteiger partial charge in [0.15, 0.2) is 9.84 Å². The lowest BCUT2D eigenvalue weighted by Crippen LogP contribution is -2.46. The molecule has 19 heavy (non-hydrogen) atoms. The molecule has 4 unspecified atom stereocenters. The normalized spacial score (nSPS) is 39.6. The average molecular weight is 286 g/mol. The number of hydrogen-bond acceptors (Lipinski definition) is 4. The molecule has 3 heterocycles. The summed E-state index contributed by atoms with van der Waals surface area (Å²) in [5, 5.41) is 3.48. The van der Waals surface area contributed by atoms with Gasteiger partial charge in [-0.25, -0.2) is 8.42 Å². The first-order valence-electron chi connectivity index (χ1n) is 7.27. The van der Waals surface area contributed by atoms with Crippen molar-refractivity contribution in [2.75, 3.05) is 18.1 Å². The summed E-state index contributed by atoms with van der Waals surface area (Å²) in [6.07, 6.45) is 3.80. The fraction of sp³-hybridized carbons (Fsp3) is 0.923. The molecule has 0 aromatic carbocycles. The molecule has 1 N–H and O–H groups in total. The zero-order valence-electron chi connectivity index (χ0n) is 11.3. The van der Waals surface area contributed by atoms with E-state index in [0.717, 1.165) is 12.8 Å². The maximum atomic E-state index is 12.7. The van der Waals surface area contributed by atoms with E-state index in [-0.39, 0.29) is 29.4 Å². The number of nitrogens with zero attached hydrogens (tertiary/aromatic N) is 1. The van der Waals surface area contributed by atoms with E-state index in [9.17, 15) is 13.2 Å². The third-order valence-electron chi connectivity index (χ3n) is 4.89. The third-order valence-corrected chi connectivity index (χ3v) is 6.64. The van der Waals surface area contributed by atoms with Crippen molar-refractivity contribution in [2.24, 2.45) is 5.92 Å². The van der Waals surface area contributed by atoms with Gasteiger partial charge in [0, 0.05) is 24.7 Å². The molecule has 0 radical (unpaired) electrons. The van der Waals surface area contributed by atoms with Crippen LogP contribution in [0.5, 0.6) is 0 Å². The molecule has 1 amide bonds. The molecule has 0 spiro atoms. The predicted molar refractivity (Wildman–Crippen MR) is 72.5 cm³/mol. The van der Waals surface area contributed by atoms with Crippen LogP contribution in [0.1, 0.15) is 32.6 Å². The Hall–Kier alpha value is -0.620. The van der Waals surface area contributed by atoms with Gasteiger partial charge in [-0.2, -0.15) is 0 Å². The van der Waals surface area contributed by atoms with E-state index in [2.05, 4.69) is 5.32 Å². The van der Waals surface area contributed by atoms with Gasteiger partial charge in [0.1, 0.15) is 0 Å². The molecule has 6 heteroatoms. The minimum Gasteiger partial charge on any atom is -0.339 e. The molecule has 3 rings (SSSR count). The predicted octanol–water partition coefficient (Wildman–Crippen LogP) is 0.163. The highest BCUT2D eigenvalue weighted by molar-refractivity contribution is 7.91. The lowest BCUT2D eigenvalue weighted by molar-refractivity contribution is -0.137. The van der Waals surface area contributed by atoms with Gasteiger partial charge in [-0.15, -0.1) is 0 Å². The molecule has 3 saturated heterocycles. The summed E-state index contributed by atoms with van der Waals surface area (Å²) in [5.41, 5.74) is 0. The van der Waals surface area contributed by atoms with Crippen LogP contribution in [0, 0.1) is 5.92 Å². The molecule has 2 bridgehead atoms. The Bertz CT molecular complexity index is 476. The second-order valence-electron chi connectivity index (χ2n) is 6.07. The molecule has 3 aliphatic heterocycles. The number of carbonyl (C=O) groups excluding carboxylic acids is 1. The second kappa shape index (κ2) is 4.74. The minimum atomic E-state index is -2.93. The van der Waals surface area contributed by atoms with Crippen LogP contribution >= 0.6 is 0 Å². The van der Waals surface area contributed by atoms with Crippen LogP contribution < -0.4 is 5.32 Å². The van der Waals surface area contributed by atoms with Crippen molar-refractivity contribution in [3.05, 3.63) is 0 Å². The number of rotatable bonds is 3. The maximum Gasteiger partial charge on any atom is 0.227 e. The fourth-order valence-electron chi connectivity index (χ4n) is 3.93. The Morgan fingerprint density at radius 2 is 2.11 bits per heavy atom. The molecular formula is C13H22N2O3S. The zero-order valence-corrected chi connectivity index (χ0v) is 12.2. The topological polar surface area (TPSA) is 66.5 Å². The summed E-state index contributed by atoms with van der Waals surface area (Å²) < 4.78 is 23.2. The Balaban J connectivity index is 1.70. The summed E-state index contributed by atoms with van der Waals surface area (Å²) in [5.74, 6) is 0.628. The highest BCUT2D eigenvalue weighted by Crippen LogP contribution is 2.35. The van der Waals surface area contributed by atoms with E-state index in [4.69, 9.17) is 0 Å². The lowest BCUT2D eigenvalue weighted by atomic mass is 9.88. The number of fused-ring (bicyclic) bond motifs is 2. The molecular weight excluding hydrogens is 264 g/mol. The maximum absolute atomic E-state index is 12.7. The van der Waals surface area contributed by atoms with E-state index in [1.165, 1.54) is 6.42 Å². The molecule has 0 aromatic rings. The molecule has 0 saturated carbocycles. The molecule has 3 fully saturated rings. The Morgan fingerprint density at radius 3 is 2.58 bits per heavy atom. The van der Waals surface area contributed by atoms with Crippen molar-refractivity contribution in [1.29, 1.82) is 0 Å². The Morgan fingerprint density at radius 1 is 1.32 bits per heavy atom. The van der Waals surface area contributed by atoms with Crippen LogP contribution in [0.2, 0.25) is 0 Å². The van der Waals surface area contributed by atoms with Gasteiger partial charge in [0.25, 0.3) is 0 Å². The molecule has 5 nitrogen and oxygen atoms in total. The van der Waals surface area contributed by atoms with Gasteiger partial charge in [0.05, 0.1) is 17.4 Å².